The highest BCUT2D eigenvalue weighted by molar-refractivity contribution is 6.17. The van der Waals surface area contributed by atoms with E-state index in [0.29, 0.717) is 11.1 Å². The molecule has 0 aliphatic heterocycles. The summed E-state index contributed by atoms with van der Waals surface area (Å²) in [6.07, 6.45) is 0. The molecule has 0 fully saturated rings. The van der Waals surface area contributed by atoms with Crippen LogP contribution in [0.15, 0.2) is 36.4 Å². The maximum atomic E-state index is 9.59. The number of rotatable bonds is 1. The van der Waals surface area contributed by atoms with E-state index in [0.717, 1.165) is 16.2 Å². The van der Waals surface area contributed by atoms with Crippen molar-refractivity contribution in [2.75, 3.05) is 19.0 Å². The quantitative estimate of drug-likeness (QED) is 0.642. The van der Waals surface area contributed by atoms with Crippen molar-refractivity contribution in [1.82, 2.24) is 0 Å². The van der Waals surface area contributed by atoms with Crippen molar-refractivity contribution in [1.29, 1.82) is 15.8 Å². The Morgan fingerprint density at radius 2 is 1.39 bits per heavy atom. The minimum Gasteiger partial charge on any atom is -0.376 e. The van der Waals surface area contributed by atoms with Crippen LogP contribution in [-0.4, -0.2) is 14.1 Å². The lowest BCUT2D eigenvalue weighted by molar-refractivity contribution is 1.13. The van der Waals surface area contributed by atoms with Gasteiger partial charge in [0.1, 0.15) is 18.2 Å². The third kappa shape index (κ3) is 1.96. The summed E-state index contributed by atoms with van der Waals surface area (Å²) in [5.41, 5.74) is 1.32. The van der Waals surface area contributed by atoms with Crippen molar-refractivity contribution >= 4 is 27.2 Å². The number of nitrogens with zero attached hydrogens (tertiary/aromatic N) is 4. The van der Waals surface area contributed by atoms with Gasteiger partial charge in [0.15, 0.2) is 0 Å². The van der Waals surface area contributed by atoms with Gasteiger partial charge in [-0.15, -0.1) is 0 Å². The molecule has 108 valence electrons. The number of hydrogen-bond acceptors (Lipinski definition) is 4. The second-order valence-corrected chi connectivity index (χ2v) is 5.41. The van der Waals surface area contributed by atoms with Crippen LogP contribution in [0.25, 0.3) is 21.5 Å². The van der Waals surface area contributed by atoms with Gasteiger partial charge in [0.25, 0.3) is 0 Å². The minimum absolute atomic E-state index is 0.140. The highest BCUT2D eigenvalue weighted by Crippen LogP contribution is 2.39. The van der Waals surface area contributed by atoms with E-state index in [1.807, 2.05) is 61.5 Å². The lowest BCUT2D eigenvalue weighted by Gasteiger charge is -2.20. The van der Waals surface area contributed by atoms with E-state index in [4.69, 9.17) is 0 Å². The third-order valence-electron chi connectivity index (χ3n) is 3.95. The van der Waals surface area contributed by atoms with E-state index in [9.17, 15) is 15.8 Å². The topological polar surface area (TPSA) is 74.6 Å². The number of benzene rings is 3. The molecule has 0 aliphatic rings. The lowest BCUT2D eigenvalue weighted by Crippen LogP contribution is -2.13. The first-order valence-corrected chi connectivity index (χ1v) is 7.03. The van der Waals surface area contributed by atoms with Gasteiger partial charge in [0.05, 0.1) is 22.4 Å². The second kappa shape index (κ2) is 5.34. The zero-order chi connectivity index (χ0) is 16.6. The summed E-state index contributed by atoms with van der Waals surface area (Å²) < 4.78 is 0. The van der Waals surface area contributed by atoms with Gasteiger partial charge in [0.2, 0.25) is 0 Å². The maximum absolute atomic E-state index is 9.59. The molecular formula is C19H12N4. The summed E-state index contributed by atoms with van der Waals surface area (Å²) in [5, 5.41) is 32.1. The SMILES string of the molecule is CN(C)c1c(C#N)c(C#N)c(C#N)c2ccc3ccccc3c12. The molecule has 0 heterocycles. The summed E-state index contributed by atoms with van der Waals surface area (Å²) in [6.45, 7) is 0. The highest BCUT2D eigenvalue weighted by Gasteiger charge is 2.22. The predicted molar refractivity (Wildman–Crippen MR) is 89.9 cm³/mol. The summed E-state index contributed by atoms with van der Waals surface area (Å²) >= 11 is 0. The van der Waals surface area contributed by atoms with Crippen LogP contribution in [-0.2, 0) is 0 Å². The Morgan fingerprint density at radius 1 is 0.739 bits per heavy atom. The van der Waals surface area contributed by atoms with Gasteiger partial charge in [-0.2, -0.15) is 15.8 Å². The second-order valence-electron chi connectivity index (χ2n) is 5.41. The Hall–Kier alpha value is -3.55. The van der Waals surface area contributed by atoms with Crippen LogP contribution in [0.1, 0.15) is 16.7 Å². The summed E-state index contributed by atoms with van der Waals surface area (Å²) in [5.74, 6) is 0. The Labute approximate surface area is 134 Å². The first-order chi connectivity index (χ1) is 11.1. The minimum atomic E-state index is 0.140. The molecule has 3 aromatic rings. The summed E-state index contributed by atoms with van der Waals surface area (Å²) in [7, 11) is 3.68. The molecule has 3 rings (SSSR count). The van der Waals surface area contributed by atoms with Crippen LogP contribution >= 0.6 is 0 Å². The van der Waals surface area contributed by atoms with E-state index in [1.165, 1.54) is 0 Å². The Balaban J connectivity index is 2.75. The van der Waals surface area contributed by atoms with Gasteiger partial charge < -0.3 is 4.90 Å². The highest BCUT2D eigenvalue weighted by atomic mass is 15.1. The van der Waals surface area contributed by atoms with Crippen LogP contribution in [0.4, 0.5) is 5.69 Å². The van der Waals surface area contributed by atoms with Crippen molar-refractivity contribution in [3.05, 3.63) is 53.1 Å². The van der Waals surface area contributed by atoms with E-state index in [-0.39, 0.29) is 16.7 Å². The lowest BCUT2D eigenvalue weighted by atomic mass is 9.90. The molecule has 0 saturated carbocycles. The van der Waals surface area contributed by atoms with E-state index in [2.05, 4.69) is 12.1 Å². The van der Waals surface area contributed by atoms with Crippen LogP contribution < -0.4 is 4.90 Å². The monoisotopic (exact) mass is 296 g/mol. The van der Waals surface area contributed by atoms with Crippen molar-refractivity contribution in [2.45, 2.75) is 0 Å². The fraction of sp³-hybridized carbons (Fsp3) is 0.105. The molecule has 0 N–H and O–H groups in total. The fourth-order valence-electron chi connectivity index (χ4n) is 3.02. The molecule has 0 saturated heterocycles. The van der Waals surface area contributed by atoms with Crippen LogP contribution in [0, 0.1) is 34.0 Å². The molecule has 0 radical (unpaired) electrons. The first-order valence-electron chi connectivity index (χ1n) is 7.03. The largest absolute Gasteiger partial charge is 0.376 e. The fourth-order valence-corrected chi connectivity index (χ4v) is 3.02. The van der Waals surface area contributed by atoms with Gasteiger partial charge in [-0.05, 0) is 10.8 Å². The molecule has 0 spiro atoms. The van der Waals surface area contributed by atoms with Crippen LogP contribution in [0.3, 0.4) is 0 Å². The smallest absolute Gasteiger partial charge is 0.103 e. The molecule has 4 heteroatoms. The number of hydrogen-bond donors (Lipinski definition) is 0. The molecule has 23 heavy (non-hydrogen) atoms. The summed E-state index contributed by atoms with van der Waals surface area (Å²) in [4.78, 5) is 1.83. The standard InChI is InChI=1S/C19H12N4/c1-23(2)19-17(11-22)16(10-21)15(9-20)14-8-7-12-5-3-4-6-13(12)18(14)19/h3-8H,1-2H3. The molecule has 0 aliphatic carbocycles. The molecule has 0 bridgehead atoms. The number of anilines is 1. The molecule has 0 amide bonds. The van der Waals surface area contributed by atoms with Crippen molar-refractivity contribution in [3.8, 4) is 18.2 Å². The van der Waals surface area contributed by atoms with E-state index < -0.39 is 0 Å². The molecule has 4 nitrogen and oxygen atoms in total. The van der Waals surface area contributed by atoms with Gasteiger partial charge >= 0.3 is 0 Å². The van der Waals surface area contributed by atoms with E-state index in [1.54, 1.807) is 0 Å². The Kier molecular flexibility index (Phi) is 3.34. The Morgan fingerprint density at radius 3 is 2.00 bits per heavy atom. The van der Waals surface area contributed by atoms with Gasteiger partial charge in [-0.1, -0.05) is 36.4 Å². The molecular weight excluding hydrogens is 284 g/mol. The third-order valence-corrected chi connectivity index (χ3v) is 3.95. The van der Waals surface area contributed by atoms with Gasteiger partial charge in [-0.25, -0.2) is 0 Å². The Bertz CT molecular complexity index is 1070. The van der Waals surface area contributed by atoms with Gasteiger partial charge in [-0.3, -0.25) is 0 Å². The van der Waals surface area contributed by atoms with Crippen LogP contribution in [0.5, 0.6) is 0 Å². The zero-order valence-electron chi connectivity index (χ0n) is 12.8. The molecule has 0 unspecified atom stereocenters. The van der Waals surface area contributed by atoms with E-state index >= 15 is 0 Å². The van der Waals surface area contributed by atoms with Crippen molar-refractivity contribution in [2.24, 2.45) is 0 Å². The first kappa shape index (κ1) is 14.4. The summed E-state index contributed by atoms with van der Waals surface area (Å²) in [6, 6.07) is 17.9. The molecule has 0 atom stereocenters. The average molecular weight is 296 g/mol. The molecule has 0 aromatic heterocycles. The zero-order valence-corrected chi connectivity index (χ0v) is 12.8. The average Bonchev–Trinajstić information content (AvgIpc) is 2.58. The number of fused-ring (bicyclic) bond motifs is 3. The molecule has 3 aromatic carbocycles. The van der Waals surface area contributed by atoms with Crippen molar-refractivity contribution in [3.63, 3.8) is 0 Å². The predicted octanol–water partition coefficient (Wildman–Crippen LogP) is 3.67. The maximum Gasteiger partial charge on any atom is 0.103 e. The van der Waals surface area contributed by atoms with Crippen molar-refractivity contribution < 1.29 is 0 Å². The van der Waals surface area contributed by atoms with Gasteiger partial charge in [0, 0.05) is 24.9 Å². The number of nitriles is 3. The normalized spacial score (nSPS) is 10.0. The van der Waals surface area contributed by atoms with Crippen LogP contribution in [0.2, 0.25) is 0 Å².